The van der Waals surface area contributed by atoms with Crippen LogP contribution in [-0.2, 0) is 9.53 Å². The summed E-state index contributed by atoms with van der Waals surface area (Å²) in [6.45, 7) is 3.53. The van der Waals surface area contributed by atoms with Crippen LogP contribution in [0.3, 0.4) is 0 Å². The second kappa shape index (κ2) is 8.80. The molecule has 0 radical (unpaired) electrons. The van der Waals surface area contributed by atoms with Crippen molar-refractivity contribution in [1.29, 1.82) is 0 Å². The largest absolute Gasteiger partial charge is 0.465 e. The van der Waals surface area contributed by atoms with Crippen LogP contribution in [-0.4, -0.2) is 48.8 Å². The van der Waals surface area contributed by atoms with E-state index in [1.54, 1.807) is 0 Å². The number of benzene rings is 1. The van der Waals surface area contributed by atoms with E-state index < -0.39 is 5.92 Å². The van der Waals surface area contributed by atoms with E-state index in [-0.39, 0.29) is 12.6 Å². The summed E-state index contributed by atoms with van der Waals surface area (Å²) in [4.78, 5) is 14.5. The van der Waals surface area contributed by atoms with Crippen molar-refractivity contribution in [3.05, 3.63) is 35.9 Å². The first-order valence-corrected chi connectivity index (χ1v) is 7.86. The highest BCUT2D eigenvalue weighted by Crippen LogP contribution is 2.16. The zero-order valence-electron chi connectivity index (χ0n) is 12.5. The first-order chi connectivity index (χ1) is 10.3. The van der Waals surface area contributed by atoms with E-state index in [0.29, 0.717) is 6.61 Å². The molecule has 4 nitrogen and oxygen atoms in total. The fraction of sp³-hybridized carbons (Fsp3) is 0.588. The molecular formula is C17H25NO3. The van der Waals surface area contributed by atoms with Gasteiger partial charge in [0.2, 0.25) is 0 Å². The average Bonchev–Trinajstić information content (AvgIpc) is 2.54. The predicted octanol–water partition coefficient (Wildman–Crippen LogP) is 2.18. The molecule has 1 heterocycles. The molecule has 0 spiro atoms. The average molecular weight is 291 g/mol. The van der Waals surface area contributed by atoms with Gasteiger partial charge in [-0.15, -0.1) is 0 Å². The monoisotopic (exact) mass is 291 g/mol. The molecule has 0 aliphatic carbocycles. The molecule has 21 heavy (non-hydrogen) atoms. The number of piperidine rings is 1. The van der Waals surface area contributed by atoms with E-state index in [9.17, 15) is 9.90 Å². The van der Waals surface area contributed by atoms with E-state index in [0.717, 1.165) is 31.6 Å². The molecule has 1 aliphatic rings. The molecule has 0 bridgehead atoms. The zero-order chi connectivity index (χ0) is 14.9. The highest BCUT2D eigenvalue weighted by atomic mass is 16.5. The van der Waals surface area contributed by atoms with Crippen LogP contribution in [0.15, 0.2) is 30.3 Å². The van der Waals surface area contributed by atoms with Gasteiger partial charge in [0.25, 0.3) is 0 Å². The number of aliphatic hydroxyl groups excluding tert-OH is 1. The van der Waals surface area contributed by atoms with Gasteiger partial charge in [-0.3, -0.25) is 4.79 Å². The highest BCUT2D eigenvalue weighted by Gasteiger charge is 2.21. The van der Waals surface area contributed by atoms with Crippen molar-refractivity contribution in [3.63, 3.8) is 0 Å². The molecule has 1 aliphatic heterocycles. The molecule has 1 unspecified atom stereocenters. The van der Waals surface area contributed by atoms with E-state index >= 15 is 0 Å². The molecule has 2 rings (SSSR count). The molecule has 1 atom stereocenters. The standard InChI is InChI=1S/C17H25NO3/c19-14-16(15-8-3-1-4-9-15)17(20)21-13-7-12-18-10-5-2-6-11-18/h1,3-4,8-9,16,19H,2,5-7,10-14H2. The third-order valence-corrected chi connectivity index (χ3v) is 3.98. The minimum absolute atomic E-state index is 0.213. The Kier molecular flexibility index (Phi) is 6.70. The second-order valence-corrected chi connectivity index (χ2v) is 5.57. The minimum atomic E-state index is -0.568. The quantitative estimate of drug-likeness (QED) is 0.618. The number of hydrogen-bond donors (Lipinski definition) is 1. The van der Waals surface area contributed by atoms with Crippen LogP contribution in [0.5, 0.6) is 0 Å². The maximum atomic E-state index is 12.0. The number of hydrogen-bond acceptors (Lipinski definition) is 4. The van der Waals surface area contributed by atoms with Crippen molar-refractivity contribution in [2.24, 2.45) is 0 Å². The first-order valence-electron chi connectivity index (χ1n) is 7.86. The van der Waals surface area contributed by atoms with Crippen LogP contribution >= 0.6 is 0 Å². The molecule has 1 saturated heterocycles. The maximum absolute atomic E-state index is 12.0. The van der Waals surface area contributed by atoms with Gasteiger partial charge in [0.15, 0.2) is 0 Å². The SMILES string of the molecule is O=C(OCCCN1CCCCC1)C(CO)c1ccccc1. The van der Waals surface area contributed by atoms with Crippen molar-refractivity contribution >= 4 is 5.97 Å². The molecule has 1 fully saturated rings. The molecular weight excluding hydrogens is 266 g/mol. The Morgan fingerprint density at radius 1 is 1.19 bits per heavy atom. The number of nitrogens with zero attached hydrogens (tertiary/aromatic N) is 1. The van der Waals surface area contributed by atoms with Gasteiger partial charge < -0.3 is 14.7 Å². The van der Waals surface area contributed by atoms with Crippen molar-refractivity contribution in [2.75, 3.05) is 32.8 Å². The van der Waals surface area contributed by atoms with Gasteiger partial charge >= 0.3 is 5.97 Å². The lowest BCUT2D eigenvalue weighted by molar-refractivity contribution is -0.146. The summed E-state index contributed by atoms with van der Waals surface area (Å²) in [5, 5.41) is 9.40. The molecule has 1 N–H and O–H groups in total. The number of ether oxygens (including phenoxy) is 1. The van der Waals surface area contributed by atoms with Crippen LogP contribution < -0.4 is 0 Å². The van der Waals surface area contributed by atoms with Crippen LogP contribution in [0, 0.1) is 0 Å². The molecule has 0 amide bonds. The van der Waals surface area contributed by atoms with Gasteiger partial charge in [-0.1, -0.05) is 36.8 Å². The number of carbonyl (C=O) groups is 1. The van der Waals surface area contributed by atoms with Crippen LogP contribution in [0.25, 0.3) is 0 Å². The second-order valence-electron chi connectivity index (χ2n) is 5.57. The van der Waals surface area contributed by atoms with E-state index in [2.05, 4.69) is 4.90 Å². The van der Waals surface area contributed by atoms with Crippen molar-refractivity contribution in [3.8, 4) is 0 Å². The number of carbonyl (C=O) groups excluding carboxylic acids is 1. The Morgan fingerprint density at radius 2 is 1.90 bits per heavy atom. The summed E-state index contributed by atoms with van der Waals surface area (Å²) >= 11 is 0. The molecule has 0 aromatic heterocycles. The van der Waals surface area contributed by atoms with Gasteiger partial charge in [-0.25, -0.2) is 0 Å². The normalized spacial score (nSPS) is 17.4. The lowest BCUT2D eigenvalue weighted by atomic mass is 10.0. The van der Waals surface area contributed by atoms with Gasteiger partial charge in [0.05, 0.1) is 13.2 Å². The summed E-state index contributed by atoms with van der Waals surface area (Å²) in [5.74, 6) is -0.900. The first kappa shape index (κ1) is 16.0. The lowest BCUT2D eigenvalue weighted by Gasteiger charge is -2.26. The Bertz CT molecular complexity index is 415. The van der Waals surface area contributed by atoms with Crippen molar-refractivity contribution < 1.29 is 14.6 Å². The summed E-state index contributed by atoms with van der Waals surface area (Å²) in [7, 11) is 0. The van der Waals surface area contributed by atoms with E-state index in [1.807, 2.05) is 30.3 Å². The fourth-order valence-corrected chi connectivity index (χ4v) is 2.75. The van der Waals surface area contributed by atoms with Crippen molar-refractivity contribution in [2.45, 2.75) is 31.6 Å². The van der Waals surface area contributed by atoms with Gasteiger partial charge in [-0.2, -0.15) is 0 Å². The molecule has 0 saturated carbocycles. The summed E-state index contributed by atoms with van der Waals surface area (Å²) in [6, 6.07) is 9.30. The fourth-order valence-electron chi connectivity index (χ4n) is 2.75. The van der Waals surface area contributed by atoms with E-state index in [4.69, 9.17) is 4.74 Å². The number of likely N-dealkylation sites (tertiary alicyclic amines) is 1. The number of aliphatic hydroxyl groups is 1. The zero-order valence-corrected chi connectivity index (χ0v) is 12.5. The summed E-state index contributed by atoms with van der Waals surface area (Å²) in [5.41, 5.74) is 0.807. The number of rotatable bonds is 7. The van der Waals surface area contributed by atoms with Gasteiger partial charge in [0.1, 0.15) is 5.92 Å². The number of esters is 1. The molecule has 1 aromatic carbocycles. The third-order valence-electron chi connectivity index (χ3n) is 3.98. The van der Waals surface area contributed by atoms with Gasteiger partial charge in [-0.05, 0) is 37.9 Å². The smallest absolute Gasteiger partial charge is 0.315 e. The Hall–Kier alpha value is -1.39. The van der Waals surface area contributed by atoms with Gasteiger partial charge in [0, 0.05) is 6.54 Å². The molecule has 1 aromatic rings. The summed E-state index contributed by atoms with van der Waals surface area (Å²) in [6.07, 6.45) is 4.75. The van der Waals surface area contributed by atoms with Crippen molar-refractivity contribution in [1.82, 2.24) is 4.90 Å². The minimum Gasteiger partial charge on any atom is -0.465 e. The maximum Gasteiger partial charge on any atom is 0.315 e. The lowest BCUT2D eigenvalue weighted by Crippen LogP contribution is -2.31. The Balaban J connectivity index is 1.70. The van der Waals surface area contributed by atoms with Crippen LogP contribution in [0.4, 0.5) is 0 Å². The molecule has 116 valence electrons. The third kappa shape index (κ3) is 5.14. The topological polar surface area (TPSA) is 49.8 Å². The molecule has 4 heteroatoms. The highest BCUT2D eigenvalue weighted by molar-refractivity contribution is 5.78. The van der Waals surface area contributed by atoms with E-state index in [1.165, 1.54) is 19.3 Å². The Morgan fingerprint density at radius 3 is 2.57 bits per heavy atom. The summed E-state index contributed by atoms with van der Waals surface area (Å²) < 4.78 is 5.31. The predicted molar refractivity (Wildman–Crippen MR) is 82.1 cm³/mol. The van der Waals surface area contributed by atoms with Crippen LogP contribution in [0.2, 0.25) is 0 Å². The van der Waals surface area contributed by atoms with Crippen LogP contribution in [0.1, 0.15) is 37.2 Å². The Labute approximate surface area is 126 Å².